The summed E-state index contributed by atoms with van der Waals surface area (Å²) in [5.74, 6) is 0.684. The summed E-state index contributed by atoms with van der Waals surface area (Å²) in [7, 11) is -2.14. The molecule has 0 atom stereocenters. The molecule has 4 rings (SSSR count). The van der Waals surface area contributed by atoms with Crippen molar-refractivity contribution >= 4 is 15.7 Å². The number of rotatable bonds is 5. The van der Waals surface area contributed by atoms with Crippen molar-refractivity contribution in [1.82, 2.24) is 18.5 Å². The molecule has 3 aromatic rings. The van der Waals surface area contributed by atoms with Gasteiger partial charge in [-0.15, -0.1) is 5.10 Å². The van der Waals surface area contributed by atoms with E-state index >= 15 is 0 Å². The molecule has 0 aliphatic carbocycles. The summed E-state index contributed by atoms with van der Waals surface area (Å²) < 4.78 is 35.8. The van der Waals surface area contributed by atoms with Crippen LogP contribution in [-0.4, -0.2) is 47.1 Å². The number of hydrogen-bond donors (Lipinski definition) is 0. The molecule has 3 heterocycles. The molecule has 1 aliphatic heterocycles. The van der Waals surface area contributed by atoms with Gasteiger partial charge in [0.2, 0.25) is 10.0 Å². The zero-order valence-electron chi connectivity index (χ0n) is 16.3. The Morgan fingerprint density at radius 1 is 1.07 bits per heavy atom. The van der Waals surface area contributed by atoms with Gasteiger partial charge < -0.3 is 4.74 Å². The van der Waals surface area contributed by atoms with Crippen LogP contribution in [0.4, 0.5) is 0 Å². The molecule has 9 heteroatoms. The highest BCUT2D eigenvalue weighted by Crippen LogP contribution is 2.23. The molecule has 0 bridgehead atoms. The number of sulfonamides is 1. The van der Waals surface area contributed by atoms with Crippen molar-refractivity contribution < 1.29 is 13.2 Å². The number of ether oxygens (including phenoxy) is 1. The van der Waals surface area contributed by atoms with Crippen LogP contribution < -0.4 is 10.4 Å². The van der Waals surface area contributed by atoms with Crippen LogP contribution in [0.15, 0.2) is 52.3 Å². The molecule has 8 nitrogen and oxygen atoms in total. The third-order valence-electron chi connectivity index (χ3n) is 5.22. The van der Waals surface area contributed by atoms with E-state index in [-0.39, 0.29) is 22.8 Å². The lowest BCUT2D eigenvalue weighted by atomic mass is 10.2. The minimum absolute atomic E-state index is 0.0726. The lowest BCUT2D eigenvalue weighted by Crippen LogP contribution is -2.32. The molecule has 1 aliphatic rings. The number of benzene rings is 1. The zero-order chi connectivity index (χ0) is 20.4. The van der Waals surface area contributed by atoms with Crippen LogP contribution >= 0.6 is 0 Å². The Morgan fingerprint density at radius 3 is 2.55 bits per heavy atom. The SMILES string of the molecule is COc1cccc(Cn2nc3c(S(=O)(=O)N4CCCCCC4)cccn3c2=O)c1. The third-order valence-corrected chi connectivity index (χ3v) is 7.14. The highest BCUT2D eigenvalue weighted by molar-refractivity contribution is 7.89. The van der Waals surface area contributed by atoms with E-state index in [4.69, 9.17) is 4.74 Å². The van der Waals surface area contributed by atoms with Crippen LogP contribution in [0.1, 0.15) is 31.2 Å². The fourth-order valence-corrected chi connectivity index (χ4v) is 5.32. The molecule has 0 spiro atoms. The van der Waals surface area contributed by atoms with Crippen molar-refractivity contribution in [2.75, 3.05) is 20.2 Å². The van der Waals surface area contributed by atoms with Gasteiger partial charge in [0.1, 0.15) is 10.6 Å². The molecule has 154 valence electrons. The molecule has 2 aromatic heterocycles. The predicted octanol–water partition coefficient (Wildman–Crippen LogP) is 2.12. The average molecular weight is 417 g/mol. The summed E-state index contributed by atoms with van der Waals surface area (Å²) >= 11 is 0. The summed E-state index contributed by atoms with van der Waals surface area (Å²) in [5, 5.41) is 4.37. The average Bonchev–Trinajstić information content (AvgIpc) is 2.91. The molecule has 0 amide bonds. The molecular weight excluding hydrogens is 392 g/mol. The van der Waals surface area contributed by atoms with E-state index in [1.165, 1.54) is 19.5 Å². The molecule has 29 heavy (non-hydrogen) atoms. The maximum Gasteiger partial charge on any atom is 0.350 e. The van der Waals surface area contributed by atoms with Crippen molar-refractivity contribution in [3.8, 4) is 5.75 Å². The second-order valence-corrected chi connectivity index (χ2v) is 9.08. The summed E-state index contributed by atoms with van der Waals surface area (Å²) in [6.07, 6.45) is 5.31. The maximum atomic E-state index is 13.3. The van der Waals surface area contributed by atoms with Crippen LogP contribution in [0.25, 0.3) is 5.65 Å². The minimum Gasteiger partial charge on any atom is -0.497 e. The van der Waals surface area contributed by atoms with E-state index in [9.17, 15) is 13.2 Å². The van der Waals surface area contributed by atoms with E-state index in [2.05, 4.69) is 5.10 Å². The van der Waals surface area contributed by atoms with Gasteiger partial charge in [0.25, 0.3) is 0 Å². The first-order chi connectivity index (χ1) is 14.0. The van der Waals surface area contributed by atoms with E-state index < -0.39 is 10.0 Å². The Bertz CT molecular complexity index is 1170. The van der Waals surface area contributed by atoms with Gasteiger partial charge in [0.05, 0.1) is 13.7 Å². The Morgan fingerprint density at radius 2 is 1.83 bits per heavy atom. The fraction of sp³-hybridized carbons (Fsp3) is 0.400. The number of nitrogens with zero attached hydrogens (tertiary/aromatic N) is 4. The molecule has 1 aromatic carbocycles. The van der Waals surface area contributed by atoms with Crippen LogP contribution in [-0.2, 0) is 16.6 Å². The Kier molecular flexibility index (Phi) is 5.42. The highest BCUT2D eigenvalue weighted by Gasteiger charge is 2.28. The first-order valence-corrected chi connectivity index (χ1v) is 11.2. The Hall–Kier alpha value is -2.65. The van der Waals surface area contributed by atoms with Gasteiger partial charge in [-0.25, -0.2) is 22.3 Å². The topological polar surface area (TPSA) is 85.9 Å². The second kappa shape index (κ2) is 8.00. The van der Waals surface area contributed by atoms with Gasteiger partial charge in [-0.3, -0.25) is 0 Å². The number of fused-ring (bicyclic) bond motifs is 1. The van der Waals surface area contributed by atoms with E-state index in [1.807, 2.05) is 24.3 Å². The summed E-state index contributed by atoms with van der Waals surface area (Å²) in [6.45, 7) is 1.22. The van der Waals surface area contributed by atoms with E-state index in [1.54, 1.807) is 19.4 Å². The number of methoxy groups -OCH3 is 1. The van der Waals surface area contributed by atoms with Crippen molar-refractivity contribution in [2.45, 2.75) is 37.1 Å². The smallest absolute Gasteiger partial charge is 0.350 e. The minimum atomic E-state index is -3.72. The van der Waals surface area contributed by atoms with Crippen LogP contribution in [0.2, 0.25) is 0 Å². The molecule has 0 N–H and O–H groups in total. The van der Waals surface area contributed by atoms with Crippen molar-refractivity contribution in [2.24, 2.45) is 0 Å². The van der Waals surface area contributed by atoms with Crippen molar-refractivity contribution in [1.29, 1.82) is 0 Å². The standard InChI is InChI=1S/C20H24N4O4S/c1-28-17-9-6-8-16(14-17)15-24-20(25)23-13-7-10-18(19(23)21-24)29(26,27)22-11-4-2-3-5-12-22/h6-10,13-14H,2-5,11-12,15H2,1H3. The van der Waals surface area contributed by atoms with Gasteiger partial charge in [0.15, 0.2) is 5.65 Å². The first-order valence-electron chi connectivity index (χ1n) is 9.72. The molecule has 1 saturated heterocycles. The quantitative estimate of drug-likeness (QED) is 0.636. The first kappa shape index (κ1) is 19.7. The van der Waals surface area contributed by atoms with Gasteiger partial charge in [-0.05, 0) is 42.7 Å². The number of aromatic nitrogens is 3. The lowest BCUT2D eigenvalue weighted by molar-refractivity contribution is 0.414. The third kappa shape index (κ3) is 3.79. The Labute approximate surface area is 169 Å². The maximum absolute atomic E-state index is 13.3. The summed E-state index contributed by atoms with van der Waals surface area (Å²) in [4.78, 5) is 12.9. The van der Waals surface area contributed by atoms with Gasteiger partial charge in [-0.2, -0.15) is 4.31 Å². The fourth-order valence-electron chi connectivity index (χ4n) is 3.68. The molecular formula is C20H24N4O4S. The molecule has 0 saturated carbocycles. The normalized spacial score (nSPS) is 16.0. The molecule has 0 radical (unpaired) electrons. The van der Waals surface area contributed by atoms with Crippen LogP contribution in [0.3, 0.4) is 0 Å². The Balaban J connectivity index is 1.75. The highest BCUT2D eigenvalue weighted by atomic mass is 32.2. The van der Waals surface area contributed by atoms with Crippen molar-refractivity contribution in [3.63, 3.8) is 0 Å². The van der Waals surface area contributed by atoms with E-state index in [0.717, 1.165) is 31.2 Å². The summed E-state index contributed by atoms with van der Waals surface area (Å²) in [5.41, 5.74) is 0.618. The lowest BCUT2D eigenvalue weighted by Gasteiger charge is -2.19. The second-order valence-electron chi connectivity index (χ2n) is 7.18. The summed E-state index contributed by atoms with van der Waals surface area (Å²) in [6, 6.07) is 10.5. The zero-order valence-corrected chi connectivity index (χ0v) is 17.1. The van der Waals surface area contributed by atoms with Crippen LogP contribution in [0.5, 0.6) is 5.75 Å². The largest absolute Gasteiger partial charge is 0.497 e. The number of pyridine rings is 1. The van der Waals surface area contributed by atoms with Crippen LogP contribution in [0, 0.1) is 0 Å². The predicted molar refractivity (Wildman–Crippen MR) is 109 cm³/mol. The van der Waals surface area contributed by atoms with E-state index in [0.29, 0.717) is 18.8 Å². The van der Waals surface area contributed by atoms with Gasteiger partial charge in [-0.1, -0.05) is 25.0 Å². The van der Waals surface area contributed by atoms with Gasteiger partial charge in [0, 0.05) is 19.3 Å². The monoisotopic (exact) mass is 416 g/mol. The molecule has 1 fully saturated rings. The molecule has 0 unspecified atom stereocenters. The van der Waals surface area contributed by atoms with Gasteiger partial charge >= 0.3 is 5.69 Å². The number of hydrogen-bond acceptors (Lipinski definition) is 5. The van der Waals surface area contributed by atoms with Crippen molar-refractivity contribution in [3.05, 3.63) is 58.6 Å².